The molecule has 1 unspecified atom stereocenters. The normalized spacial score (nSPS) is 12.4. The first-order chi connectivity index (χ1) is 7.77. The number of para-hydroxylation sites is 1. The molecule has 1 N–H and O–H groups in total. The van der Waals surface area contributed by atoms with Crippen molar-refractivity contribution in [2.45, 2.75) is 45.1 Å². The van der Waals surface area contributed by atoms with E-state index in [9.17, 15) is 5.11 Å². The lowest BCUT2D eigenvalue weighted by Gasteiger charge is -2.10. The summed E-state index contributed by atoms with van der Waals surface area (Å²) in [4.78, 5) is 0. The number of methoxy groups -OCH3 is 1. The van der Waals surface area contributed by atoms with Crippen LogP contribution in [0.4, 0.5) is 0 Å². The lowest BCUT2D eigenvalue weighted by Crippen LogP contribution is -2.06. The van der Waals surface area contributed by atoms with Gasteiger partial charge in [0.25, 0.3) is 0 Å². The highest BCUT2D eigenvalue weighted by Gasteiger charge is 2.05. The molecule has 0 fully saturated rings. The molecule has 0 aliphatic rings. The van der Waals surface area contributed by atoms with E-state index in [2.05, 4.69) is 13.0 Å². The van der Waals surface area contributed by atoms with Crippen molar-refractivity contribution in [1.29, 1.82) is 0 Å². The van der Waals surface area contributed by atoms with Gasteiger partial charge in [-0.05, 0) is 37.3 Å². The number of aliphatic hydroxyl groups excluding tert-OH is 1. The molecule has 2 nitrogen and oxygen atoms in total. The Labute approximate surface area is 98.3 Å². The molecule has 0 aromatic heterocycles. The first-order valence-electron chi connectivity index (χ1n) is 6.08. The molecule has 90 valence electrons. The van der Waals surface area contributed by atoms with Crippen LogP contribution in [0, 0.1) is 0 Å². The fourth-order valence-corrected chi connectivity index (χ4v) is 1.92. The minimum atomic E-state index is -0.139. The summed E-state index contributed by atoms with van der Waals surface area (Å²) in [7, 11) is 1.70. The van der Waals surface area contributed by atoms with Crippen molar-refractivity contribution >= 4 is 0 Å². The van der Waals surface area contributed by atoms with Crippen molar-refractivity contribution in [3.63, 3.8) is 0 Å². The van der Waals surface area contributed by atoms with E-state index in [1.807, 2.05) is 18.2 Å². The molecule has 1 aromatic carbocycles. The summed E-state index contributed by atoms with van der Waals surface area (Å²) in [6, 6.07) is 8.08. The summed E-state index contributed by atoms with van der Waals surface area (Å²) in [6.45, 7) is 2.10. The van der Waals surface area contributed by atoms with Gasteiger partial charge >= 0.3 is 0 Å². The minimum Gasteiger partial charge on any atom is -0.496 e. The highest BCUT2D eigenvalue weighted by molar-refractivity contribution is 5.33. The van der Waals surface area contributed by atoms with Crippen LogP contribution >= 0.6 is 0 Å². The van der Waals surface area contributed by atoms with Crippen molar-refractivity contribution in [3.8, 4) is 5.75 Å². The van der Waals surface area contributed by atoms with E-state index in [4.69, 9.17) is 4.74 Å². The third-order valence-electron chi connectivity index (χ3n) is 2.80. The summed E-state index contributed by atoms with van der Waals surface area (Å²) in [5.74, 6) is 0.951. The Morgan fingerprint density at radius 2 is 2.00 bits per heavy atom. The molecule has 0 saturated carbocycles. The quantitative estimate of drug-likeness (QED) is 0.767. The lowest BCUT2D eigenvalue weighted by molar-refractivity contribution is 0.151. The van der Waals surface area contributed by atoms with E-state index in [0.29, 0.717) is 0 Å². The molecule has 0 aliphatic carbocycles. The van der Waals surface area contributed by atoms with Gasteiger partial charge in [-0.2, -0.15) is 0 Å². The zero-order valence-electron chi connectivity index (χ0n) is 10.3. The highest BCUT2D eigenvalue weighted by atomic mass is 16.5. The van der Waals surface area contributed by atoms with Crippen LogP contribution in [0.1, 0.15) is 38.2 Å². The van der Waals surface area contributed by atoms with Crippen molar-refractivity contribution in [2.24, 2.45) is 0 Å². The molecule has 2 heteroatoms. The standard InChI is InChI=1S/C14H22O2/c1-3-7-13(15)10-6-9-12-8-4-5-11-14(12)16-2/h4-5,8,11,13,15H,3,6-7,9-10H2,1-2H3. The van der Waals surface area contributed by atoms with Crippen LogP contribution in [-0.2, 0) is 6.42 Å². The predicted molar refractivity (Wildman–Crippen MR) is 66.8 cm³/mol. The smallest absolute Gasteiger partial charge is 0.122 e. The predicted octanol–water partition coefficient (Wildman–Crippen LogP) is 3.18. The summed E-state index contributed by atoms with van der Waals surface area (Å²) >= 11 is 0. The Morgan fingerprint density at radius 1 is 1.25 bits per heavy atom. The molecule has 0 aliphatic heterocycles. The van der Waals surface area contributed by atoms with Crippen LogP contribution in [0.15, 0.2) is 24.3 Å². The van der Waals surface area contributed by atoms with E-state index in [1.165, 1.54) is 5.56 Å². The van der Waals surface area contributed by atoms with Crippen LogP contribution in [0.25, 0.3) is 0 Å². The molecule has 16 heavy (non-hydrogen) atoms. The monoisotopic (exact) mass is 222 g/mol. The third-order valence-corrected chi connectivity index (χ3v) is 2.80. The lowest BCUT2D eigenvalue weighted by atomic mass is 10.0. The maximum absolute atomic E-state index is 9.62. The Hall–Kier alpha value is -1.02. The zero-order valence-corrected chi connectivity index (χ0v) is 10.3. The second kappa shape index (κ2) is 7.29. The fraction of sp³-hybridized carbons (Fsp3) is 0.571. The molecular weight excluding hydrogens is 200 g/mol. The number of rotatable bonds is 7. The Morgan fingerprint density at radius 3 is 2.69 bits per heavy atom. The van der Waals surface area contributed by atoms with E-state index >= 15 is 0 Å². The van der Waals surface area contributed by atoms with Crippen molar-refractivity contribution in [3.05, 3.63) is 29.8 Å². The second-order valence-corrected chi connectivity index (χ2v) is 4.15. The minimum absolute atomic E-state index is 0.139. The van der Waals surface area contributed by atoms with Gasteiger partial charge in [0, 0.05) is 0 Å². The second-order valence-electron chi connectivity index (χ2n) is 4.15. The van der Waals surface area contributed by atoms with Crippen LogP contribution in [0.3, 0.4) is 0 Å². The van der Waals surface area contributed by atoms with Crippen molar-refractivity contribution < 1.29 is 9.84 Å². The van der Waals surface area contributed by atoms with Gasteiger partial charge in [-0.1, -0.05) is 31.5 Å². The summed E-state index contributed by atoms with van der Waals surface area (Å²) in [5.41, 5.74) is 1.23. The molecule has 0 heterocycles. The molecule has 1 aromatic rings. The van der Waals surface area contributed by atoms with Crippen LogP contribution < -0.4 is 4.74 Å². The molecule has 0 amide bonds. The van der Waals surface area contributed by atoms with Crippen LogP contribution in [0.5, 0.6) is 5.75 Å². The van der Waals surface area contributed by atoms with Crippen molar-refractivity contribution in [2.75, 3.05) is 7.11 Å². The summed E-state index contributed by atoms with van der Waals surface area (Å²) in [6.07, 6.45) is 4.69. The first-order valence-corrected chi connectivity index (χ1v) is 6.08. The van der Waals surface area contributed by atoms with E-state index in [-0.39, 0.29) is 6.10 Å². The average Bonchev–Trinajstić information content (AvgIpc) is 2.30. The Balaban J connectivity index is 2.36. The number of hydrogen-bond donors (Lipinski definition) is 1. The Kier molecular flexibility index (Phi) is 5.94. The number of ether oxygens (including phenoxy) is 1. The molecule has 1 atom stereocenters. The largest absolute Gasteiger partial charge is 0.496 e. The molecule has 1 rings (SSSR count). The van der Waals surface area contributed by atoms with Gasteiger partial charge in [-0.25, -0.2) is 0 Å². The van der Waals surface area contributed by atoms with Crippen LogP contribution in [0.2, 0.25) is 0 Å². The summed E-state index contributed by atoms with van der Waals surface area (Å²) in [5, 5.41) is 9.62. The summed E-state index contributed by atoms with van der Waals surface area (Å²) < 4.78 is 5.29. The topological polar surface area (TPSA) is 29.5 Å². The van der Waals surface area contributed by atoms with Gasteiger partial charge in [0.2, 0.25) is 0 Å². The third kappa shape index (κ3) is 4.23. The van der Waals surface area contributed by atoms with E-state index < -0.39 is 0 Å². The molecule has 0 bridgehead atoms. The van der Waals surface area contributed by atoms with Crippen molar-refractivity contribution in [1.82, 2.24) is 0 Å². The average molecular weight is 222 g/mol. The molecule has 0 saturated heterocycles. The van der Waals surface area contributed by atoms with Gasteiger partial charge < -0.3 is 9.84 Å². The molecular formula is C14H22O2. The van der Waals surface area contributed by atoms with Gasteiger partial charge in [-0.15, -0.1) is 0 Å². The highest BCUT2D eigenvalue weighted by Crippen LogP contribution is 2.20. The number of benzene rings is 1. The molecule has 0 radical (unpaired) electrons. The van der Waals surface area contributed by atoms with Gasteiger partial charge in [0.05, 0.1) is 13.2 Å². The number of hydrogen-bond acceptors (Lipinski definition) is 2. The van der Waals surface area contributed by atoms with Gasteiger partial charge in [0.1, 0.15) is 5.75 Å². The first kappa shape index (κ1) is 13.0. The SMILES string of the molecule is CCCC(O)CCCc1ccccc1OC. The van der Waals surface area contributed by atoms with E-state index in [1.54, 1.807) is 7.11 Å². The van der Waals surface area contributed by atoms with E-state index in [0.717, 1.165) is 37.9 Å². The van der Waals surface area contributed by atoms with Gasteiger partial charge in [0.15, 0.2) is 0 Å². The van der Waals surface area contributed by atoms with Gasteiger partial charge in [-0.3, -0.25) is 0 Å². The fourth-order valence-electron chi connectivity index (χ4n) is 1.92. The Bertz CT molecular complexity index is 297. The zero-order chi connectivity index (χ0) is 11.8. The number of aliphatic hydroxyl groups is 1. The maximum atomic E-state index is 9.62. The maximum Gasteiger partial charge on any atom is 0.122 e. The van der Waals surface area contributed by atoms with Crippen LogP contribution in [-0.4, -0.2) is 18.3 Å². The number of aryl methyl sites for hydroxylation is 1. The molecule has 0 spiro atoms.